The van der Waals surface area contributed by atoms with Crippen LogP contribution in [0.15, 0.2) is 35.2 Å². The third-order valence-electron chi connectivity index (χ3n) is 3.11. The van der Waals surface area contributed by atoms with Crippen molar-refractivity contribution in [3.05, 3.63) is 46.4 Å². The fourth-order valence-corrected chi connectivity index (χ4v) is 3.25. The fourth-order valence-electron chi connectivity index (χ4n) is 1.96. The Morgan fingerprint density at radius 3 is 2.73 bits per heavy atom. The molecule has 0 spiro atoms. The molecule has 7 heteroatoms. The van der Waals surface area contributed by atoms with Crippen LogP contribution >= 0.6 is 22.7 Å². The first-order chi connectivity index (χ1) is 10.7. The minimum Gasteiger partial charge on any atom is -0.300 e. The maximum Gasteiger partial charge on any atom is 0.232 e. The van der Waals surface area contributed by atoms with Crippen LogP contribution in [-0.2, 0) is 17.6 Å². The van der Waals surface area contributed by atoms with Gasteiger partial charge in [0.05, 0.1) is 12.1 Å². The summed E-state index contributed by atoms with van der Waals surface area (Å²) >= 11 is 2.84. The van der Waals surface area contributed by atoms with Gasteiger partial charge in [0.25, 0.3) is 0 Å². The smallest absolute Gasteiger partial charge is 0.232 e. The van der Waals surface area contributed by atoms with Crippen molar-refractivity contribution in [3.8, 4) is 10.6 Å². The molecule has 5 nitrogen and oxygen atoms in total. The van der Waals surface area contributed by atoms with Crippen LogP contribution in [-0.4, -0.2) is 21.1 Å². The van der Waals surface area contributed by atoms with Gasteiger partial charge in [-0.15, -0.1) is 21.5 Å². The van der Waals surface area contributed by atoms with Gasteiger partial charge >= 0.3 is 0 Å². The Balaban J connectivity index is 1.66. The van der Waals surface area contributed by atoms with Crippen molar-refractivity contribution in [2.24, 2.45) is 0 Å². The van der Waals surface area contributed by atoms with E-state index in [4.69, 9.17) is 0 Å². The second kappa shape index (κ2) is 6.76. The lowest BCUT2D eigenvalue weighted by atomic mass is 10.1. The van der Waals surface area contributed by atoms with E-state index >= 15 is 0 Å². The van der Waals surface area contributed by atoms with Crippen LogP contribution < -0.4 is 5.32 Å². The molecule has 1 aromatic carbocycles. The molecule has 0 saturated carbocycles. The number of amides is 1. The van der Waals surface area contributed by atoms with Gasteiger partial charge in [-0.2, -0.15) is 0 Å². The van der Waals surface area contributed by atoms with Gasteiger partial charge in [-0.1, -0.05) is 42.5 Å². The average Bonchev–Trinajstić information content (AvgIpc) is 3.19. The van der Waals surface area contributed by atoms with Gasteiger partial charge in [0.1, 0.15) is 10.5 Å². The van der Waals surface area contributed by atoms with Crippen LogP contribution in [0, 0.1) is 0 Å². The first-order valence-electron chi connectivity index (χ1n) is 6.84. The van der Waals surface area contributed by atoms with Crippen molar-refractivity contribution < 1.29 is 4.79 Å². The van der Waals surface area contributed by atoms with Crippen molar-refractivity contribution in [1.29, 1.82) is 0 Å². The van der Waals surface area contributed by atoms with Crippen LogP contribution in [0.1, 0.15) is 18.2 Å². The van der Waals surface area contributed by atoms with Crippen molar-refractivity contribution >= 4 is 33.7 Å². The van der Waals surface area contributed by atoms with Crippen LogP contribution in [0.2, 0.25) is 0 Å². The second-order valence-corrected chi connectivity index (χ2v) is 6.35. The summed E-state index contributed by atoms with van der Waals surface area (Å²) in [4.78, 5) is 16.4. The predicted octanol–water partition coefficient (Wildman–Crippen LogP) is 3.41. The number of benzene rings is 1. The molecule has 3 aromatic rings. The molecule has 0 aliphatic heterocycles. The van der Waals surface area contributed by atoms with E-state index in [0.29, 0.717) is 5.13 Å². The Kier molecular flexibility index (Phi) is 4.55. The minimum atomic E-state index is -0.130. The quantitative estimate of drug-likeness (QED) is 0.778. The summed E-state index contributed by atoms with van der Waals surface area (Å²) in [5.74, 6) is -0.130. The number of carbonyl (C=O) groups is 1. The van der Waals surface area contributed by atoms with Gasteiger partial charge in [-0.25, -0.2) is 4.98 Å². The van der Waals surface area contributed by atoms with Gasteiger partial charge in [-0.05, 0) is 12.0 Å². The van der Waals surface area contributed by atoms with E-state index in [1.165, 1.54) is 16.9 Å². The number of hydrogen-bond acceptors (Lipinski definition) is 6. The molecule has 0 aliphatic rings. The van der Waals surface area contributed by atoms with Crippen LogP contribution in [0.3, 0.4) is 0 Å². The lowest BCUT2D eigenvalue weighted by molar-refractivity contribution is -0.115. The number of hydrogen-bond donors (Lipinski definition) is 1. The normalized spacial score (nSPS) is 10.6. The summed E-state index contributed by atoms with van der Waals surface area (Å²) in [5, 5.41) is 13.5. The highest BCUT2D eigenvalue weighted by atomic mass is 32.1. The monoisotopic (exact) mass is 330 g/mol. The first-order valence-corrected chi connectivity index (χ1v) is 8.60. The molecule has 1 N–H and O–H groups in total. The number of aryl methyl sites for hydroxylation is 1. The van der Waals surface area contributed by atoms with E-state index in [2.05, 4.69) is 51.7 Å². The molecule has 0 atom stereocenters. The molecule has 1 amide bonds. The van der Waals surface area contributed by atoms with Crippen LogP contribution in [0.5, 0.6) is 0 Å². The topological polar surface area (TPSA) is 67.8 Å². The molecule has 3 rings (SSSR count). The highest BCUT2D eigenvalue weighted by Crippen LogP contribution is 2.24. The molecule has 0 bridgehead atoms. The summed E-state index contributed by atoms with van der Waals surface area (Å²) in [7, 11) is 0. The number of thiazole rings is 1. The number of nitrogens with zero attached hydrogens (tertiary/aromatic N) is 3. The second-order valence-electron chi connectivity index (χ2n) is 4.66. The Bertz CT molecular complexity index is 750. The van der Waals surface area contributed by atoms with Gasteiger partial charge in [0.2, 0.25) is 11.0 Å². The first kappa shape index (κ1) is 14.8. The molecule has 0 aliphatic carbocycles. The third kappa shape index (κ3) is 3.55. The van der Waals surface area contributed by atoms with E-state index in [-0.39, 0.29) is 12.3 Å². The Morgan fingerprint density at radius 2 is 2.05 bits per heavy atom. The third-order valence-corrected chi connectivity index (χ3v) is 4.66. The molecular weight excluding hydrogens is 316 g/mol. The Hall–Kier alpha value is -2.12. The van der Waals surface area contributed by atoms with Crippen LogP contribution in [0.4, 0.5) is 5.13 Å². The summed E-state index contributed by atoms with van der Waals surface area (Å²) in [6.45, 7) is 2.13. The minimum absolute atomic E-state index is 0.130. The largest absolute Gasteiger partial charge is 0.300 e. The summed E-state index contributed by atoms with van der Waals surface area (Å²) in [6.07, 6.45) is 1.26. The molecule has 22 heavy (non-hydrogen) atoms. The fraction of sp³-hybridized carbons (Fsp3) is 0.200. The zero-order chi connectivity index (χ0) is 15.4. The molecule has 112 valence electrons. The van der Waals surface area contributed by atoms with E-state index in [1.807, 2.05) is 5.38 Å². The average molecular weight is 330 g/mol. The predicted molar refractivity (Wildman–Crippen MR) is 89.2 cm³/mol. The summed E-state index contributed by atoms with van der Waals surface area (Å²) < 4.78 is 0. The molecule has 0 saturated heterocycles. The Morgan fingerprint density at radius 1 is 1.23 bits per heavy atom. The summed E-state index contributed by atoms with van der Waals surface area (Å²) in [5.41, 5.74) is 4.73. The van der Waals surface area contributed by atoms with E-state index in [0.717, 1.165) is 22.7 Å². The van der Waals surface area contributed by atoms with Crippen molar-refractivity contribution in [2.75, 3.05) is 5.32 Å². The molecule has 0 radical (unpaired) electrons. The standard InChI is InChI=1S/C15H14N4OS2/c1-2-10-3-5-11(6-4-10)14-17-12(8-21-14)7-13(20)18-15-19-16-9-22-15/h3-6,8-9H,2,7H2,1H3,(H,18,19,20). The molecule has 0 unspecified atom stereocenters. The van der Waals surface area contributed by atoms with E-state index in [1.54, 1.807) is 16.8 Å². The summed E-state index contributed by atoms with van der Waals surface area (Å²) in [6, 6.07) is 8.36. The zero-order valence-electron chi connectivity index (χ0n) is 11.9. The van der Waals surface area contributed by atoms with Gasteiger partial charge in [0, 0.05) is 10.9 Å². The maximum atomic E-state index is 11.9. The number of anilines is 1. The van der Waals surface area contributed by atoms with Crippen molar-refractivity contribution in [3.63, 3.8) is 0 Å². The number of rotatable bonds is 5. The molecule has 2 aromatic heterocycles. The number of carbonyl (C=O) groups excluding carboxylic acids is 1. The molecule has 2 heterocycles. The highest BCUT2D eigenvalue weighted by molar-refractivity contribution is 7.13. The van der Waals surface area contributed by atoms with Crippen molar-refractivity contribution in [1.82, 2.24) is 15.2 Å². The lowest BCUT2D eigenvalue weighted by Crippen LogP contribution is -2.14. The molecule has 0 fully saturated rings. The number of nitrogens with one attached hydrogen (secondary N) is 1. The molecular formula is C15H14N4OS2. The van der Waals surface area contributed by atoms with Crippen LogP contribution in [0.25, 0.3) is 10.6 Å². The number of aromatic nitrogens is 3. The maximum absolute atomic E-state index is 11.9. The zero-order valence-corrected chi connectivity index (χ0v) is 13.6. The van der Waals surface area contributed by atoms with Gasteiger partial charge in [-0.3, -0.25) is 4.79 Å². The highest BCUT2D eigenvalue weighted by Gasteiger charge is 2.10. The SMILES string of the molecule is CCc1ccc(-c2nc(CC(=O)Nc3nncs3)cs2)cc1. The van der Waals surface area contributed by atoms with Gasteiger partial charge in [0.15, 0.2) is 0 Å². The van der Waals surface area contributed by atoms with Gasteiger partial charge < -0.3 is 5.32 Å². The van der Waals surface area contributed by atoms with Crippen molar-refractivity contribution in [2.45, 2.75) is 19.8 Å². The lowest BCUT2D eigenvalue weighted by Gasteiger charge is -1.99. The van der Waals surface area contributed by atoms with E-state index < -0.39 is 0 Å². The Labute approximate surface area is 136 Å². The van der Waals surface area contributed by atoms with E-state index in [9.17, 15) is 4.79 Å².